The molecule has 13 rings (SSSR count). The number of hydrogen-bond donors (Lipinski definition) is 15. The van der Waals surface area contributed by atoms with E-state index in [2.05, 4.69) is 31.9 Å². The van der Waals surface area contributed by atoms with Crippen LogP contribution in [0.2, 0.25) is 10.0 Å². The summed E-state index contributed by atoms with van der Waals surface area (Å²) in [6.07, 6.45) is -2.47. The molecule has 0 aromatic heterocycles. The number of halogens is 2. The van der Waals surface area contributed by atoms with Crippen molar-refractivity contribution in [3.8, 4) is 80.1 Å². The van der Waals surface area contributed by atoms with Crippen LogP contribution in [0.1, 0.15) is 75.3 Å². The van der Waals surface area contributed by atoms with Crippen molar-refractivity contribution in [3.63, 3.8) is 0 Å². The van der Waals surface area contributed by atoms with Crippen LogP contribution in [-0.4, -0.2) is 94.3 Å². The highest BCUT2D eigenvalue weighted by atomic mass is 35.5. The summed E-state index contributed by atoms with van der Waals surface area (Å²) in [6, 6.07) is 8.15. The summed E-state index contributed by atoms with van der Waals surface area (Å²) < 4.78 is 18.4. The Morgan fingerprint density at radius 2 is 1.07 bits per heavy atom. The van der Waals surface area contributed by atoms with Crippen LogP contribution in [0.15, 0.2) is 115 Å². The fourth-order valence-electron chi connectivity index (χ4n) is 10.2. The lowest BCUT2D eigenvalue weighted by atomic mass is 9.89. The van der Waals surface area contributed by atoms with Crippen LogP contribution in [-0.2, 0) is 40.0 Å². The minimum absolute atomic E-state index is 0.119. The molecule has 6 amide bonds. The number of aromatic hydroxyl groups is 6. The van der Waals surface area contributed by atoms with Gasteiger partial charge in [-0.05, 0) is 112 Å². The number of aliphatic hydroxyl groups excluding tert-OH is 1. The number of aliphatic carboxylic acids is 1. The number of ether oxygens (including phenoxy) is 3. The highest BCUT2D eigenvalue weighted by Crippen LogP contribution is 2.48. The van der Waals surface area contributed by atoms with Gasteiger partial charge in [-0.1, -0.05) is 47.5 Å². The molecule has 0 saturated heterocycles. The summed E-state index contributed by atoms with van der Waals surface area (Å²) in [5, 5.41) is 105. The Bertz CT molecular complexity index is 4030. The van der Waals surface area contributed by atoms with Gasteiger partial charge in [0.1, 0.15) is 82.6 Å². The second-order valence-electron chi connectivity index (χ2n) is 20.1. The van der Waals surface area contributed by atoms with E-state index in [1.165, 1.54) is 54.6 Å². The maximum absolute atomic E-state index is 15.7. The number of amides is 6. The lowest BCUT2D eigenvalue weighted by molar-refractivity contribution is -0.143. The van der Waals surface area contributed by atoms with Crippen molar-refractivity contribution in [2.24, 2.45) is 5.73 Å². The van der Waals surface area contributed by atoms with Crippen molar-refractivity contribution in [3.05, 3.63) is 164 Å². The van der Waals surface area contributed by atoms with Crippen molar-refractivity contribution < 1.29 is 88.6 Å². The molecule has 0 saturated carbocycles. The van der Waals surface area contributed by atoms with E-state index in [-0.39, 0.29) is 67.3 Å². The third-order valence-electron chi connectivity index (χ3n) is 14.4. The van der Waals surface area contributed by atoms with Gasteiger partial charge in [-0.25, -0.2) is 4.79 Å². The summed E-state index contributed by atoms with van der Waals surface area (Å²) >= 11 is 13.7. The Morgan fingerprint density at radius 1 is 0.494 bits per heavy atom. The number of nitrogens with one attached hydrogen (secondary N) is 6. The number of rotatable bonds is 1. The van der Waals surface area contributed by atoms with Gasteiger partial charge in [0, 0.05) is 35.2 Å². The number of hydrogen-bond acceptors (Lipinski definition) is 18. The van der Waals surface area contributed by atoms with E-state index in [9.17, 15) is 60.0 Å². The standard InChI is InChI=1S/C58H45Cl2N7O18/c59-32-9-21-1-7-38(32)84-41-16-26-17-42(51(41)74)85-39-8-4-24(14-33(39)60)50(73)49-57(80)66-48(58(81)82)31-19-28(69)20-37(72)43(31)30-13-23(3-5-35(30)70)45(54(77)67-49)64-56(79)47(26)65-55(78)46-25-11-27(68)18-29(12-25)83-40-15-22(2-6-36(40)71)44(61)53(76)62-34(10-21)52(75)63-46/h1-9,11-20,34,44-50,68-74H,10,61H2,(H,62,76)(H,63,75)(H,64,79)(H,65,78)(H,66,80)(H,67,77)(H,81,82)/t34-,44-,45-,46+,47-,48+,49+,50-/m1/s1. The molecular formula is C58H45Cl2N7O18. The van der Waals surface area contributed by atoms with Crippen LogP contribution in [0.5, 0.6) is 69.0 Å². The van der Waals surface area contributed by atoms with E-state index < -0.39 is 152 Å². The van der Waals surface area contributed by atoms with Crippen LogP contribution in [0, 0.1) is 0 Å². The Hall–Kier alpha value is -10.5. The minimum Gasteiger partial charge on any atom is -0.508 e. The number of carboxylic acid groups (broad SMARTS) is 1. The molecule has 27 heteroatoms. The van der Waals surface area contributed by atoms with Gasteiger partial charge in [0.2, 0.25) is 41.2 Å². The first-order chi connectivity index (χ1) is 40.5. The van der Waals surface area contributed by atoms with Gasteiger partial charge in [0.25, 0.3) is 0 Å². The van der Waals surface area contributed by atoms with E-state index in [4.69, 9.17) is 43.1 Å². The molecule has 0 aliphatic carbocycles. The maximum Gasteiger partial charge on any atom is 0.330 e. The lowest BCUT2D eigenvalue weighted by Gasteiger charge is -2.31. The molecule has 16 N–H and O–H groups in total. The molecule has 6 aliphatic rings. The molecule has 7 aromatic rings. The zero-order valence-corrected chi connectivity index (χ0v) is 44.8. The van der Waals surface area contributed by atoms with Gasteiger partial charge in [-0.15, -0.1) is 0 Å². The second-order valence-corrected chi connectivity index (χ2v) is 20.9. The number of benzene rings is 7. The molecule has 6 heterocycles. The van der Waals surface area contributed by atoms with Gasteiger partial charge >= 0.3 is 5.97 Å². The quantitative estimate of drug-likeness (QED) is 0.103. The second kappa shape index (κ2) is 22.0. The smallest absolute Gasteiger partial charge is 0.330 e. The van der Waals surface area contributed by atoms with E-state index in [1.807, 2.05) is 0 Å². The van der Waals surface area contributed by atoms with Crippen molar-refractivity contribution in [1.82, 2.24) is 31.9 Å². The monoisotopic (exact) mass is 1200 g/mol. The first kappa shape index (κ1) is 56.4. The fraction of sp³-hybridized carbons (Fsp3) is 0.155. The van der Waals surface area contributed by atoms with Crippen LogP contribution in [0.3, 0.4) is 0 Å². The normalized spacial score (nSPS) is 22.0. The third-order valence-corrected chi connectivity index (χ3v) is 15.0. The Balaban J connectivity index is 1.14. The van der Waals surface area contributed by atoms with Gasteiger partial charge in [0.15, 0.2) is 29.0 Å². The van der Waals surface area contributed by atoms with E-state index >= 15 is 14.4 Å². The average Bonchev–Trinajstić information content (AvgIpc) is 3.65. The Labute approximate surface area is 488 Å². The van der Waals surface area contributed by atoms with Crippen molar-refractivity contribution in [2.75, 3.05) is 0 Å². The molecule has 17 bridgehead atoms. The number of fused-ring (bicyclic) bond motifs is 14. The Morgan fingerprint density at radius 3 is 1.74 bits per heavy atom. The molecular weight excluding hydrogens is 1150 g/mol. The predicted molar refractivity (Wildman–Crippen MR) is 295 cm³/mol. The average molecular weight is 1200 g/mol. The number of phenolic OH excluding ortho intramolecular Hbond substituents is 6. The van der Waals surface area contributed by atoms with Gasteiger partial charge in [-0.3, -0.25) is 28.8 Å². The summed E-state index contributed by atoms with van der Waals surface area (Å²) in [7, 11) is 0. The summed E-state index contributed by atoms with van der Waals surface area (Å²) in [4.78, 5) is 103. The molecule has 85 heavy (non-hydrogen) atoms. The number of carbonyl (C=O) groups is 7. The van der Waals surface area contributed by atoms with Gasteiger partial charge in [0.05, 0.1) is 10.0 Å². The number of carboxylic acids is 1. The van der Waals surface area contributed by atoms with Gasteiger partial charge < -0.3 is 92.7 Å². The number of nitrogens with two attached hydrogens (primary N) is 1. The molecule has 8 atom stereocenters. The highest BCUT2D eigenvalue weighted by Gasteiger charge is 2.41. The summed E-state index contributed by atoms with van der Waals surface area (Å²) in [5.74, 6) is -14.9. The van der Waals surface area contributed by atoms with Gasteiger partial charge in [-0.2, -0.15) is 0 Å². The van der Waals surface area contributed by atoms with Crippen LogP contribution in [0.4, 0.5) is 0 Å². The van der Waals surface area contributed by atoms with Crippen molar-refractivity contribution in [1.29, 1.82) is 0 Å². The molecule has 0 radical (unpaired) electrons. The number of carbonyl (C=O) groups excluding carboxylic acids is 6. The number of aliphatic hydroxyl groups is 1. The molecule has 0 unspecified atom stereocenters. The molecule has 6 aliphatic heterocycles. The fourth-order valence-corrected chi connectivity index (χ4v) is 10.7. The first-order valence-corrected chi connectivity index (χ1v) is 26.3. The van der Waals surface area contributed by atoms with Crippen LogP contribution in [0.25, 0.3) is 11.1 Å². The molecule has 0 fully saturated rings. The molecule has 0 spiro atoms. The van der Waals surface area contributed by atoms with Crippen molar-refractivity contribution >= 4 is 64.6 Å². The molecule has 25 nitrogen and oxygen atoms in total. The zero-order valence-electron chi connectivity index (χ0n) is 43.3. The third kappa shape index (κ3) is 10.9. The number of phenols is 6. The zero-order chi connectivity index (χ0) is 60.4. The van der Waals surface area contributed by atoms with Crippen LogP contribution >= 0.6 is 23.2 Å². The van der Waals surface area contributed by atoms with Crippen LogP contribution < -0.4 is 51.8 Å². The maximum atomic E-state index is 15.7. The first-order valence-electron chi connectivity index (χ1n) is 25.5. The summed E-state index contributed by atoms with van der Waals surface area (Å²) in [5.41, 5.74) is 4.41. The Kier molecular flexibility index (Phi) is 14.6. The molecule has 7 aromatic carbocycles. The largest absolute Gasteiger partial charge is 0.508 e. The summed E-state index contributed by atoms with van der Waals surface area (Å²) in [6.45, 7) is 0. The molecule has 434 valence electrons. The minimum atomic E-state index is -2.19. The topological polar surface area (TPSA) is 407 Å². The van der Waals surface area contributed by atoms with Crippen molar-refractivity contribution in [2.45, 2.75) is 54.8 Å². The van der Waals surface area contributed by atoms with E-state index in [0.717, 1.165) is 60.7 Å². The SMILES string of the molecule is N[C@H]1C(=O)N[C@@H]2Cc3ccc(c(Cl)c3)Oc3cc4cc(c3O)Oc3ccc(cc3Cl)[C@@H](O)[C@@H]3NC(=O)[C@H](NC(=O)[C@@H]4NC(=O)[C@@H](NC2=O)c2cc(O)cc(c2)Oc2cc1ccc2O)c1ccc(O)c(c1)-c1c(O)cc(O)cc1[C@@H](C(=O)O)NC3=O. The van der Waals surface area contributed by atoms with E-state index in [0.29, 0.717) is 5.56 Å². The predicted octanol–water partition coefficient (Wildman–Crippen LogP) is 4.98. The van der Waals surface area contributed by atoms with E-state index in [1.54, 1.807) is 0 Å². The lowest BCUT2D eigenvalue weighted by Crippen LogP contribution is -2.55. The highest BCUT2D eigenvalue weighted by molar-refractivity contribution is 6.32.